The molecule has 0 aromatic heterocycles. The van der Waals surface area contributed by atoms with Crippen molar-refractivity contribution in [3.05, 3.63) is 34.3 Å². The standard InChI is InChI=1S/C14H19Br3O2S/c1-2-8-20(18,19)9-7-14(10-15,11-16)12-3-5-13(17)6-4-12/h3-6H,2,7-11H2,1H3. The molecular formula is C14H19Br3O2S. The van der Waals surface area contributed by atoms with Gasteiger partial charge in [-0.1, -0.05) is 66.8 Å². The third kappa shape index (κ3) is 5.11. The minimum atomic E-state index is -2.95. The molecule has 0 spiro atoms. The predicted octanol–water partition coefficient (Wildman–Crippen LogP) is 4.69. The highest BCUT2D eigenvalue weighted by Crippen LogP contribution is 2.33. The Labute approximate surface area is 147 Å². The number of benzene rings is 1. The molecule has 1 rings (SSSR count). The third-order valence-corrected chi connectivity index (χ3v) is 7.91. The van der Waals surface area contributed by atoms with Crippen molar-refractivity contribution in [2.45, 2.75) is 25.2 Å². The van der Waals surface area contributed by atoms with E-state index < -0.39 is 9.84 Å². The van der Waals surface area contributed by atoms with Gasteiger partial charge in [-0.3, -0.25) is 0 Å². The lowest BCUT2D eigenvalue weighted by atomic mass is 9.82. The highest BCUT2D eigenvalue weighted by atomic mass is 79.9. The second kappa shape index (κ2) is 8.30. The van der Waals surface area contributed by atoms with Crippen molar-refractivity contribution >= 4 is 57.6 Å². The molecule has 1 aromatic rings. The Hall–Kier alpha value is 0.610. The number of hydrogen-bond acceptors (Lipinski definition) is 2. The van der Waals surface area contributed by atoms with Crippen molar-refractivity contribution in [3.8, 4) is 0 Å². The summed E-state index contributed by atoms with van der Waals surface area (Å²) in [5, 5.41) is 1.46. The molecule has 0 N–H and O–H groups in total. The zero-order valence-corrected chi connectivity index (χ0v) is 17.0. The van der Waals surface area contributed by atoms with Crippen LogP contribution in [-0.2, 0) is 15.3 Å². The van der Waals surface area contributed by atoms with Crippen LogP contribution in [0.25, 0.3) is 0 Å². The zero-order valence-electron chi connectivity index (χ0n) is 11.4. The second-order valence-corrected chi connectivity index (χ2v) is 9.30. The molecule has 0 fully saturated rings. The summed E-state index contributed by atoms with van der Waals surface area (Å²) in [5.74, 6) is 0.502. The molecule has 114 valence electrons. The molecule has 1 aromatic carbocycles. The first-order valence-corrected chi connectivity index (χ1v) is 11.3. The molecule has 0 aliphatic carbocycles. The van der Waals surface area contributed by atoms with E-state index in [0.717, 1.165) is 20.7 Å². The van der Waals surface area contributed by atoms with Gasteiger partial charge in [-0.25, -0.2) is 8.42 Å². The molecule has 0 amide bonds. The lowest BCUT2D eigenvalue weighted by molar-refractivity contribution is 0.522. The zero-order chi connectivity index (χ0) is 15.2. The Morgan fingerprint density at radius 2 is 1.60 bits per heavy atom. The van der Waals surface area contributed by atoms with E-state index >= 15 is 0 Å². The minimum Gasteiger partial charge on any atom is -0.229 e. The molecule has 0 aliphatic heterocycles. The molecule has 0 aliphatic rings. The average Bonchev–Trinajstić information content (AvgIpc) is 2.42. The van der Waals surface area contributed by atoms with Crippen LogP contribution >= 0.6 is 47.8 Å². The van der Waals surface area contributed by atoms with Crippen LogP contribution in [0.3, 0.4) is 0 Å². The first-order valence-electron chi connectivity index (χ1n) is 6.47. The van der Waals surface area contributed by atoms with E-state index in [-0.39, 0.29) is 16.9 Å². The molecule has 0 atom stereocenters. The van der Waals surface area contributed by atoms with Crippen molar-refractivity contribution in [1.29, 1.82) is 0 Å². The maximum Gasteiger partial charge on any atom is 0.150 e. The lowest BCUT2D eigenvalue weighted by Gasteiger charge is -2.30. The van der Waals surface area contributed by atoms with Crippen molar-refractivity contribution in [3.63, 3.8) is 0 Å². The molecule has 0 saturated heterocycles. The molecule has 20 heavy (non-hydrogen) atoms. The van der Waals surface area contributed by atoms with Crippen LogP contribution in [0, 0.1) is 0 Å². The van der Waals surface area contributed by atoms with Gasteiger partial charge in [-0.15, -0.1) is 0 Å². The summed E-state index contributed by atoms with van der Waals surface area (Å²) in [5.41, 5.74) is 0.961. The Morgan fingerprint density at radius 3 is 2.05 bits per heavy atom. The topological polar surface area (TPSA) is 34.1 Å². The van der Waals surface area contributed by atoms with E-state index in [9.17, 15) is 8.42 Å². The fourth-order valence-electron chi connectivity index (χ4n) is 2.04. The Balaban J connectivity index is 2.95. The van der Waals surface area contributed by atoms with Crippen molar-refractivity contribution in [2.75, 3.05) is 22.2 Å². The monoisotopic (exact) mass is 488 g/mol. The first kappa shape index (κ1) is 18.7. The Morgan fingerprint density at radius 1 is 1.05 bits per heavy atom. The quantitative estimate of drug-likeness (QED) is 0.495. The van der Waals surface area contributed by atoms with E-state index in [1.807, 2.05) is 19.1 Å². The Kier molecular flexibility index (Phi) is 7.74. The van der Waals surface area contributed by atoms with Crippen LogP contribution in [0.5, 0.6) is 0 Å². The first-order chi connectivity index (χ1) is 9.39. The summed E-state index contributed by atoms with van der Waals surface area (Å²) in [6.07, 6.45) is 1.30. The summed E-state index contributed by atoms with van der Waals surface area (Å²) in [6.45, 7) is 1.90. The number of sulfone groups is 1. The molecule has 0 radical (unpaired) electrons. The summed E-state index contributed by atoms with van der Waals surface area (Å²) >= 11 is 10.5. The normalized spacial score (nSPS) is 12.6. The fraction of sp³-hybridized carbons (Fsp3) is 0.571. The number of rotatable bonds is 8. The predicted molar refractivity (Wildman–Crippen MR) is 97.0 cm³/mol. The molecule has 6 heteroatoms. The Bertz CT molecular complexity index is 508. The fourth-order valence-corrected chi connectivity index (χ4v) is 5.96. The van der Waals surface area contributed by atoms with E-state index in [1.165, 1.54) is 0 Å². The lowest BCUT2D eigenvalue weighted by Crippen LogP contribution is -2.33. The van der Waals surface area contributed by atoms with Crippen LogP contribution in [0.1, 0.15) is 25.3 Å². The molecule has 2 nitrogen and oxygen atoms in total. The average molecular weight is 491 g/mol. The maximum atomic E-state index is 12.0. The van der Waals surface area contributed by atoms with Gasteiger partial charge in [-0.2, -0.15) is 0 Å². The van der Waals surface area contributed by atoms with Gasteiger partial charge in [0.1, 0.15) is 9.84 Å². The van der Waals surface area contributed by atoms with Gasteiger partial charge in [0.2, 0.25) is 0 Å². The largest absolute Gasteiger partial charge is 0.229 e. The number of alkyl halides is 2. The molecule has 0 heterocycles. The number of hydrogen-bond donors (Lipinski definition) is 0. The summed E-state index contributed by atoms with van der Waals surface area (Å²) in [4.78, 5) is 0. The van der Waals surface area contributed by atoms with Crippen LogP contribution in [0.4, 0.5) is 0 Å². The second-order valence-electron chi connectivity index (χ2n) is 4.96. The summed E-state index contributed by atoms with van der Waals surface area (Å²) in [6, 6.07) is 8.10. The third-order valence-electron chi connectivity index (χ3n) is 3.37. The highest BCUT2D eigenvalue weighted by Gasteiger charge is 2.31. The van der Waals surface area contributed by atoms with Gasteiger partial charge in [0.15, 0.2) is 0 Å². The number of halogens is 3. The minimum absolute atomic E-state index is 0.193. The van der Waals surface area contributed by atoms with Gasteiger partial charge in [0.25, 0.3) is 0 Å². The van der Waals surface area contributed by atoms with Gasteiger partial charge in [-0.05, 0) is 30.5 Å². The van der Waals surface area contributed by atoms with Crippen LogP contribution in [0.15, 0.2) is 28.7 Å². The van der Waals surface area contributed by atoms with E-state index in [4.69, 9.17) is 0 Å². The van der Waals surface area contributed by atoms with Gasteiger partial charge < -0.3 is 0 Å². The van der Waals surface area contributed by atoms with Gasteiger partial charge in [0.05, 0.1) is 5.75 Å². The van der Waals surface area contributed by atoms with Crippen LogP contribution < -0.4 is 0 Å². The van der Waals surface area contributed by atoms with Crippen molar-refractivity contribution in [1.82, 2.24) is 0 Å². The SMILES string of the molecule is CCCS(=O)(=O)CCC(CBr)(CBr)c1ccc(Br)cc1. The smallest absolute Gasteiger partial charge is 0.150 e. The molecule has 0 bridgehead atoms. The van der Waals surface area contributed by atoms with E-state index in [0.29, 0.717) is 12.8 Å². The van der Waals surface area contributed by atoms with Crippen LogP contribution in [-0.4, -0.2) is 30.6 Å². The molecule has 0 unspecified atom stereocenters. The maximum absolute atomic E-state index is 12.0. The van der Waals surface area contributed by atoms with Crippen molar-refractivity contribution in [2.24, 2.45) is 0 Å². The molecule has 0 saturated carbocycles. The van der Waals surface area contributed by atoms with Crippen molar-refractivity contribution < 1.29 is 8.42 Å². The van der Waals surface area contributed by atoms with Gasteiger partial charge >= 0.3 is 0 Å². The summed E-state index contributed by atoms with van der Waals surface area (Å²) in [7, 11) is -2.95. The van der Waals surface area contributed by atoms with Gasteiger partial charge in [0, 0.05) is 26.3 Å². The molecular weight excluding hydrogens is 472 g/mol. The highest BCUT2D eigenvalue weighted by molar-refractivity contribution is 9.10. The summed E-state index contributed by atoms with van der Waals surface area (Å²) < 4.78 is 24.9. The van der Waals surface area contributed by atoms with Crippen LogP contribution in [0.2, 0.25) is 0 Å². The van der Waals surface area contributed by atoms with E-state index in [2.05, 4.69) is 59.9 Å². The van der Waals surface area contributed by atoms with E-state index in [1.54, 1.807) is 0 Å².